The first-order valence-electron chi connectivity index (χ1n) is 9.87. The molecule has 8 nitrogen and oxygen atoms in total. The Balaban J connectivity index is 1.46. The molecule has 31 heavy (non-hydrogen) atoms. The van der Waals surface area contributed by atoms with Crippen LogP contribution in [-0.2, 0) is 16.1 Å². The fourth-order valence-electron chi connectivity index (χ4n) is 3.96. The van der Waals surface area contributed by atoms with Gasteiger partial charge in [0.25, 0.3) is 0 Å². The third-order valence-corrected chi connectivity index (χ3v) is 5.75. The minimum atomic E-state index is -0.789. The van der Waals surface area contributed by atoms with Gasteiger partial charge in [0.15, 0.2) is 0 Å². The van der Waals surface area contributed by atoms with E-state index in [0.29, 0.717) is 49.5 Å². The number of nitriles is 1. The Labute approximate surface area is 177 Å². The Bertz CT molecular complexity index is 1050. The molecule has 0 atom stereocenters. The molecular formula is C21H21F2N5O3. The van der Waals surface area contributed by atoms with Crippen molar-refractivity contribution < 1.29 is 23.1 Å². The predicted octanol–water partition coefficient (Wildman–Crippen LogP) is 2.42. The summed E-state index contributed by atoms with van der Waals surface area (Å²) in [6.07, 6.45) is 2.68. The van der Waals surface area contributed by atoms with Crippen molar-refractivity contribution in [2.24, 2.45) is 5.90 Å². The zero-order valence-corrected chi connectivity index (χ0v) is 16.7. The van der Waals surface area contributed by atoms with Crippen molar-refractivity contribution in [3.05, 3.63) is 47.2 Å². The van der Waals surface area contributed by atoms with Crippen LogP contribution in [0.5, 0.6) is 5.75 Å². The summed E-state index contributed by atoms with van der Waals surface area (Å²) in [7, 11) is 0. The van der Waals surface area contributed by atoms with E-state index in [1.54, 1.807) is 0 Å². The first-order chi connectivity index (χ1) is 14.9. The maximum absolute atomic E-state index is 14.1. The lowest BCUT2D eigenvalue weighted by atomic mass is 9.91. The summed E-state index contributed by atoms with van der Waals surface area (Å²) in [6, 6.07) is 5.91. The van der Waals surface area contributed by atoms with E-state index in [1.807, 2.05) is 11.0 Å². The number of rotatable bonds is 5. The van der Waals surface area contributed by atoms with Gasteiger partial charge in [0, 0.05) is 25.1 Å². The van der Waals surface area contributed by atoms with Crippen LogP contribution in [-0.4, -0.2) is 36.2 Å². The average Bonchev–Trinajstić information content (AvgIpc) is 2.79. The van der Waals surface area contributed by atoms with Crippen molar-refractivity contribution in [3.8, 4) is 11.8 Å². The third kappa shape index (κ3) is 4.15. The van der Waals surface area contributed by atoms with E-state index in [-0.39, 0.29) is 30.2 Å². The van der Waals surface area contributed by atoms with Crippen LogP contribution in [0.25, 0.3) is 0 Å². The van der Waals surface area contributed by atoms with Crippen LogP contribution < -0.4 is 20.9 Å². The number of ether oxygens (including phenoxy) is 1. The highest BCUT2D eigenvalue weighted by Gasteiger charge is 2.38. The van der Waals surface area contributed by atoms with E-state index >= 15 is 0 Å². The first kappa shape index (κ1) is 21.0. The number of hydrogen-bond acceptors (Lipinski definition) is 7. The highest BCUT2D eigenvalue weighted by Crippen LogP contribution is 2.35. The molecule has 0 radical (unpaired) electrons. The van der Waals surface area contributed by atoms with Gasteiger partial charge in [-0.25, -0.2) is 19.7 Å². The molecule has 1 aromatic carbocycles. The second-order valence-corrected chi connectivity index (χ2v) is 7.66. The number of hydrogen-bond donors (Lipinski definition) is 2. The summed E-state index contributed by atoms with van der Waals surface area (Å²) in [4.78, 5) is 22.8. The number of nitrogens with zero attached hydrogens (tertiary/aromatic N) is 3. The topological polar surface area (TPSA) is 114 Å². The number of anilines is 2. The van der Waals surface area contributed by atoms with Crippen molar-refractivity contribution >= 4 is 17.4 Å². The van der Waals surface area contributed by atoms with E-state index in [2.05, 4.69) is 10.3 Å². The molecule has 1 aromatic heterocycles. The Kier molecular flexibility index (Phi) is 5.71. The number of piperidine rings is 1. The van der Waals surface area contributed by atoms with Crippen molar-refractivity contribution in [2.75, 3.05) is 29.9 Å². The average molecular weight is 429 g/mol. The largest absolute Gasteiger partial charge is 0.490 e. The van der Waals surface area contributed by atoms with Gasteiger partial charge in [-0.15, -0.1) is 0 Å². The fraction of sp³-hybridized carbons (Fsp3) is 0.381. The van der Waals surface area contributed by atoms with Crippen molar-refractivity contribution in [1.29, 1.82) is 5.26 Å². The van der Waals surface area contributed by atoms with E-state index in [4.69, 9.17) is 15.5 Å². The highest BCUT2D eigenvalue weighted by atomic mass is 19.1. The molecular weight excluding hydrogens is 408 g/mol. The van der Waals surface area contributed by atoms with Crippen LogP contribution >= 0.6 is 0 Å². The minimum Gasteiger partial charge on any atom is -0.490 e. The monoisotopic (exact) mass is 429 g/mol. The molecule has 2 aliphatic heterocycles. The Hall–Kier alpha value is -3.29. The predicted molar refractivity (Wildman–Crippen MR) is 107 cm³/mol. The molecule has 3 N–H and O–H groups in total. The lowest BCUT2D eigenvalue weighted by Gasteiger charge is -2.40. The van der Waals surface area contributed by atoms with Gasteiger partial charge >= 0.3 is 0 Å². The molecule has 0 saturated carbocycles. The molecule has 0 bridgehead atoms. The smallest absolute Gasteiger partial charge is 0.224 e. The number of carbonyl (C=O) groups excluding carboxylic acids is 1. The molecule has 10 heteroatoms. The summed E-state index contributed by atoms with van der Waals surface area (Å²) in [6.45, 7) is 1.09. The molecule has 1 fully saturated rings. The van der Waals surface area contributed by atoms with Gasteiger partial charge in [0.2, 0.25) is 5.91 Å². The van der Waals surface area contributed by atoms with Gasteiger partial charge in [0.1, 0.15) is 41.5 Å². The van der Waals surface area contributed by atoms with E-state index in [1.165, 1.54) is 12.1 Å². The summed E-state index contributed by atoms with van der Waals surface area (Å²) >= 11 is 0. The van der Waals surface area contributed by atoms with Gasteiger partial charge < -0.3 is 15.0 Å². The summed E-state index contributed by atoms with van der Waals surface area (Å²) in [5.41, 5.74) is 0.135. The first-order valence-corrected chi connectivity index (χ1v) is 9.87. The highest BCUT2D eigenvalue weighted by molar-refractivity contribution is 5.94. The van der Waals surface area contributed by atoms with Crippen molar-refractivity contribution in [3.63, 3.8) is 0 Å². The Morgan fingerprint density at radius 1 is 1.29 bits per heavy atom. The Morgan fingerprint density at radius 2 is 2.06 bits per heavy atom. The number of carbonyl (C=O) groups is 1. The maximum Gasteiger partial charge on any atom is 0.224 e. The van der Waals surface area contributed by atoms with Gasteiger partial charge in [-0.2, -0.15) is 5.26 Å². The van der Waals surface area contributed by atoms with Crippen molar-refractivity contribution in [2.45, 2.75) is 31.3 Å². The van der Waals surface area contributed by atoms with E-state index < -0.39 is 17.2 Å². The molecule has 162 valence electrons. The molecule has 0 unspecified atom stereocenters. The standard InChI is InChI=1S/C21H21F2N5O3/c22-14-9-13(10-24)20(26-11-14)28-7-5-21(31-25,6-8-28)12-30-17-3-2-16(23)19-15(17)1-4-18(29)27-19/h2-3,9,11H,1,4-8,12,25H2,(H,27,29). The lowest BCUT2D eigenvalue weighted by Crippen LogP contribution is -2.51. The molecule has 4 rings (SSSR count). The van der Waals surface area contributed by atoms with Crippen LogP contribution in [0.2, 0.25) is 0 Å². The summed E-state index contributed by atoms with van der Waals surface area (Å²) in [5.74, 6) is 5.20. The molecule has 2 aromatic rings. The molecule has 3 heterocycles. The van der Waals surface area contributed by atoms with Crippen molar-refractivity contribution in [1.82, 2.24) is 4.98 Å². The number of amides is 1. The van der Waals surface area contributed by atoms with Crippen LogP contribution in [0.1, 0.15) is 30.4 Å². The maximum atomic E-state index is 14.1. The van der Waals surface area contributed by atoms with Gasteiger partial charge in [0.05, 0.1) is 17.4 Å². The quantitative estimate of drug-likeness (QED) is 0.702. The number of nitrogens with one attached hydrogen (secondary N) is 1. The van der Waals surface area contributed by atoms with Gasteiger partial charge in [-0.3, -0.25) is 9.63 Å². The number of fused-ring (bicyclic) bond motifs is 1. The zero-order chi connectivity index (χ0) is 22.0. The van der Waals surface area contributed by atoms with E-state index in [0.717, 1.165) is 12.3 Å². The SMILES string of the molecule is N#Cc1cc(F)cnc1N1CCC(COc2ccc(F)c3c2CCC(=O)N3)(ON)CC1. The Morgan fingerprint density at radius 3 is 2.77 bits per heavy atom. The molecule has 0 spiro atoms. The molecule has 0 aliphatic carbocycles. The molecule has 1 amide bonds. The number of halogens is 2. The lowest BCUT2D eigenvalue weighted by molar-refractivity contribution is -0.116. The third-order valence-electron chi connectivity index (χ3n) is 5.75. The number of pyridine rings is 1. The fourth-order valence-corrected chi connectivity index (χ4v) is 3.96. The van der Waals surface area contributed by atoms with Crippen LogP contribution in [0, 0.1) is 23.0 Å². The minimum absolute atomic E-state index is 0.130. The van der Waals surface area contributed by atoms with E-state index in [9.17, 15) is 18.8 Å². The van der Waals surface area contributed by atoms with Crippen LogP contribution in [0.4, 0.5) is 20.3 Å². The number of nitrogens with two attached hydrogens (primary N) is 1. The number of aromatic nitrogens is 1. The summed E-state index contributed by atoms with van der Waals surface area (Å²) in [5, 5.41) is 11.8. The molecule has 1 saturated heterocycles. The van der Waals surface area contributed by atoms with Gasteiger partial charge in [-0.1, -0.05) is 0 Å². The van der Waals surface area contributed by atoms with Crippen LogP contribution in [0.3, 0.4) is 0 Å². The van der Waals surface area contributed by atoms with Gasteiger partial charge in [-0.05, 0) is 37.5 Å². The van der Waals surface area contributed by atoms with Crippen LogP contribution in [0.15, 0.2) is 24.4 Å². The summed E-state index contributed by atoms with van der Waals surface area (Å²) < 4.78 is 33.4. The molecule has 2 aliphatic rings. The second-order valence-electron chi connectivity index (χ2n) is 7.66. The zero-order valence-electron chi connectivity index (χ0n) is 16.7. The number of benzene rings is 1. The normalized spacial score (nSPS) is 17.5. The second kappa shape index (κ2) is 8.45.